The van der Waals surface area contributed by atoms with Crippen molar-refractivity contribution in [3.8, 4) is 11.8 Å². The van der Waals surface area contributed by atoms with E-state index in [9.17, 15) is 4.79 Å². The fourth-order valence-corrected chi connectivity index (χ4v) is 1.67. The number of hydrogen-bond acceptors (Lipinski definition) is 3. The van der Waals surface area contributed by atoms with Gasteiger partial charge in [0.15, 0.2) is 0 Å². The second kappa shape index (κ2) is 7.00. The Kier molecular flexibility index (Phi) is 5.61. The van der Waals surface area contributed by atoms with E-state index in [0.29, 0.717) is 12.3 Å². The van der Waals surface area contributed by atoms with E-state index in [1.165, 1.54) is 11.8 Å². The maximum absolute atomic E-state index is 11.5. The first-order chi connectivity index (χ1) is 8.17. The van der Waals surface area contributed by atoms with Gasteiger partial charge >= 0.3 is 0 Å². The average molecular weight is 248 g/mol. The van der Waals surface area contributed by atoms with Crippen molar-refractivity contribution >= 4 is 23.4 Å². The molecule has 0 atom stereocenters. The van der Waals surface area contributed by atoms with E-state index >= 15 is 0 Å². The Bertz CT molecular complexity index is 460. The molecule has 0 saturated heterocycles. The highest BCUT2D eigenvalue weighted by molar-refractivity contribution is 7.99. The minimum atomic E-state index is -0.0165. The molecule has 0 bridgehead atoms. The van der Waals surface area contributed by atoms with Gasteiger partial charge in [0.2, 0.25) is 5.91 Å². The van der Waals surface area contributed by atoms with Crippen LogP contribution < -0.4 is 11.1 Å². The third-order valence-electron chi connectivity index (χ3n) is 2.05. The summed E-state index contributed by atoms with van der Waals surface area (Å²) in [5.41, 5.74) is 8.01. The van der Waals surface area contributed by atoms with Crippen molar-refractivity contribution in [1.82, 2.24) is 0 Å². The molecule has 0 fully saturated rings. The minimum Gasteiger partial charge on any atom is -0.324 e. The molecule has 1 amide bonds. The van der Waals surface area contributed by atoms with Crippen LogP contribution in [0, 0.1) is 18.8 Å². The fourth-order valence-electron chi connectivity index (χ4n) is 1.33. The van der Waals surface area contributed by atoms with Crippen LogP contribution in [-0.4, -0.2) is 24.5 Å². The van der Waals surface area contributed by atoms with Crippen molar-refractivity contribution in [3.05, 3.63) is 29.3 Å². The van der Waals surface area contributed by atoms with Crippen LogP contribution in [-0.2, 0) is 4.79 Å². The molecule has 0 aliphatic carbocycles. The number of benzene rings is 1. The summed E-state index contributed by atoms with van der Waals surface area (Å²) in [4.78, 5) is 11.5. The van der Waals surface area contributed by atoms with E-state index < -0.39 is 0 Å². The number of carbonyl (C=O) groups excluding carboxylic acids is 1. The maximum Gasteiger partial charge on any atom is 0.234 e. The van der Waals surface area contributed by atoms with Crippen molar-refractivity contribution in [2.45, 2.75) is 6.92 Å². The highest BCUT2D eigenvalue weighted by atomic mass is 32.2. The summed E-state index contributed by atoms with van der Waals surface area (Å²) in [6.07, 6.45) is 1.89. The monoisotopic (exact) mass is 248 g/mol. The van der Waals surface area contributed by atoms with Gasteiger partial charge in [-0.25, -0.2) is 0 Å². The lowest BCUT2D eigenvalue weighted by Gasteiger charge is -2.07. The zero-order chi connectivity index (χ0) is 12.7. The second-order valence-electron chi connectivity index (χ2n) is 3.54. The van der Waals surface area contributed by atoms with E-state index in [-0.39, 0.29) is 5.91 Å². The standard InChI is InChI=1S/C13H16N2OS/c1-10-5-6-12(15-13(16)9-17-2)11(8-10)4-3-7-14/h5-6,8H,7,9,14H2,1-2H3,(H,15,16). The minimum absolute atomic E-state index is 0.0165. The van der Waals surface area contributed by atoms with Crippen LogP contribution in [0.1, 0.15) is 11.1 Å². The van der Waals surface area contributed by atoms with Gasteiger partial charge in [0.25, 0.3) is 0 Å². The number of hydrogen-bond donors (Lipinski definition) is 2. The number of thioether (sulfide) groups is 1. The van der Waals surface area contributed by atoms with Crippen LogP contribution in [0.4, 0.5) is 5.69 Å². The van der Waals surface area contributed by atoms with Crippen molar-refractivity contribution < 1.29 is 4.79 Å². The largest absolute Gasteiger partial charge is 0.324 e. The summed E-state index contributed by atoms with van der Waals surface area (Å²) in [5.74, 6) is 6.19. The number of nitrogens with one attached hydrogen (secondary N) is 1. The summed E-state index contributed by atoms with van der Waals surface area (Å²) in [5, 5.41) is 2.84. The van der Waals surface area contributed by atoms with E-state index in [2.05, 4.69) is 17.2 Å². The molecule has 0 heterocycles. The Morgan fingerprint density at radius 2 is 2.29 bits per heavy atom. The number of nitrogens with two attached hydrogens (primary N) is 1. The molecule has 1 aromatic rings. The van der Waals surface area contributed by atoms with E-state index in [4.69, 9.17) is 5.73 Å². The predicted molar refractivity (Wildman–Crippen MR) is 74.1 cm³/mol. The SMILES string of the molecule is CSCC(=O)Nc1ccc(C)cc1C#CCN. The van der Waals surface area contributed by atoms with Crippen molar-refractivity contribution in [2.75, 3.05) is 23.9 Å². The molecule has 4 heteroatoms. The number of carbonyl (C=O) groups is 1. The van der Waals surface area contributed by atoms with E-state index in [1.807, 2.05) is 31.4 Å². The van der Waals surface area contributed by atoms with Crippen LogP contribution in [0.3, 0.4) is 0 Å². The van der Waals surface area contributed by atoms with Crippen LogP contribution >= 0.6 is 11.8 Å². The van der Waals surface area contributed by atoms with E-state index in [0.717, 1.165) is 16.8 Å². The van der Waals surface area contributed by atoms with Crippen LogP contribution in [0.5, 0.6) is 0 Å². The average Bonchev–Trinajstić information content (AvgIpc) is 2.30. The van der Waals surface area contributed by atoms with Gasteiger partial charge in [-0.1, -0.05) is 17.9 Å². The zero-order valence-electron chi connectivity index (χ0n) is 10.0. The molecule has 0 aliphatic rings. The second-order valence-corrected chi connectivity index (χ2v) is 4.40. The third kappa shape index (κ3) is 4.51. The quantitative estimate of drug-likeness (QED) is 0.799. The van der Waals surface area contributed by atoms with Crippen LogP contribution in [0.2, 0.25) is 0 Å². The molecule has 90 valence electrons. The van der Waals surface area contributed by atoms with Gasteiger partial charge in [-0.05, 0) is 30.9 Å². The maximum atomic E-state index is 11.5. The van der Waals surface area contributed by atoms with E-state index in [1.54, 1.807) is 0 Å². The number of amides is 1. The normalized spacial score (nSPS) is 9.35. The Labute approximate surface area is 106 Å². The highest BCUT2D eigenvalue weighted by Crippen LogP contribution is 2.16. The topological polar surface area (TPSA) is 55.1 Å². The van der Waals surface area contributed by atoms with Gasteiger partial charge < -0.3 is 11.1 Å². The van der Waals surface area contributed by atoms with Crippen molar-refractivity contribution in [1.29, 1.82) is 0 Å². The molecule has 0 spiro atoms. The first-order valence-corrected chi connectivity index (χ1v) is 6.65. The Morgan fingerprint density at radius 3 is 2.94 bits per heavy atom. The molecule has 1 aromatic carbocycles. The smallest absolute Gasteiger partial charge is 0.234 e. The fraction of sp³-hybridized carbons (Fsp3) is 0.308. The summed E-state index contributed by atoms with van der Waals surface area (Å²) >= 11 is 1.49. The van der Waals surface area contributed by atoms with Crippen LogP contribution in [0.15, 0.2) is 18.2 Å². The number of rotatable bonds is 3. The van der Waals surface area contributed by atoms with Crippen molar-refractivity contribution in [3.63, 3.8) is 0 Å². The summed E-state index contributed by atoms with van der Waals surface area (Å²) < 4.78 is 0. The van der Waals surface area contributed by atoms with Crippen LogP contribution in [0.25, 0.3) is 0 Å². The third-order valence-corrected chi connectivity index (χ3v) is 2.60. The molecule has 17 heavy (non-hydrogen) atoms. The molecular formula is C13H16N2OS. The summed E-state index contributed by atoms with van der Waals surface area (Å²) in [6.45, 7) is 2.30. The lowest BCUT2D eigenvalue weighted by Crippen LogP contribution is -2.14. The Morgan fingerprint density at radius 1 is 1.53 bits per heavy atom. The predicted octanol–water partition coefficient (Wildman–Crippen LogP) is 1.61. The van der Waals surface area contributed by atoms with Gasteiger partial charge in [0.1, 0.15) is 0 Å². The zero-order valence-corrected chi connectivity index (χ0v) is 10.9. The first kappa shape index (κ1) is 13.6. The van der Waals surface area contributed by atoms with Crippen molar-refractivity contribution in [2.24, 2.45) is 5.73 Å². The molecule has 0 aliphatic heterocycles. The Hall–Kier alpha value is -1.44. The summed E-state index contributed by atoms with van der Waals surface area (Å²) in [6, 6.07) is 5.76. The molecule has 1 rings (SSSR count). The van der Waals surface area contributed by atoms with Gasteiger partial charge in [-0.2, -0.15) is 11.8 Å². The Balaban J connectivity index is 2.94. The number of aryl methyl sites for hydroxylation is 1. The van der Waals surface area contributed by atoms with Gasteiger partial charge in [0, 0.05) is 5.56 Å². The lowest BCUT2D eigenvalue weighted by atomic mass is 10.1. The molecule has 0 aromatic heterocycles. The van der Waals surface area contributed by atoms with Gasteiger partial charge in [-0.3, -0.25) is 4.79 Å². The highest BCUT2D eigenvalue weighted by Gasteiger charge is 2.05. The molecule has 0 radical (unpaired) electrons. The van der Waals surface area contributed by atoms with Gasteiger partial charge in [-0.15, -0.1) is 0 Å². The molecule has 0 saturated carbocycles. The first-order valence-electron chi connectivity index (χ1n) is 5.25. The number of anilines is 1. The molecule has 3 N–H and O–H groups in total. The molecular weight excluding hydrogens is 232 g/mol. The lowest BCUT2D eigenvalue weighted by molar-refractivity contribution is -0.113. The molecule has 0 unspecified atom stereocenters. The summed E-state index contributed by atoms with van der Waals surface area (Å²) in [7, 11) is 0. The van der Waals surface area contributed by atoms with Gasteiger partial charge in [0.05, 0.1) is 18.0 Å². The molecule has 3 nitrogen and oxygen atoms in total.